The van der Waals surface area contributed by atoms with Crippen LogP contribution in [0.1, 0.15) is 20.8 Å². The number of esters is 1. The molecule has 1 aromatic heterocycles. The number of ether oxygens (including phenoxy) is 1. The van der Waals surface area contributed by atoms with E-state index in [0.29, 0.717) is 22.4 Å². The average Bonchev–Trinajstić information content (AvgIpc) is 2.94. The number of rotatable bonds is 4. The molecule has 1 saturated heterocycles. The summed E-state index contributed by atoms with van der Waals surface area (Å²) in [4.78, 5) is 26.4. The van der Waals surface area contributed by atoms with Gasteiger partial charge in [0.25, 0.3) is 0 Å². The van der Waals surface area contributed by atoms with E-state index in [9.17, 15) is 9.59 Å². The van der Waals surface area contributed by atoms with Crippen molar-refractivity contribution >= 4 is 35.4 Å². The number of hydrogen-bond donors (Lipinski definition) is 1. The van der Waals surface area contributed by atoms with Crippen molar-refractivity contribution < 1.29 is 14.3 Å². The van der Waals surface area contributed by atoms with Crippen LogP contribution in [0.3, 0.4) is 0 Å². The molecule has 2 aliphatic heterocycles. The first kappa shape index (κ1) is 18.2. The minimum atomic E-state index is -0.647. The van der Waals surface area contributed by atoms with Gasteiger partial charge in [0, 0.05) is 18.6 Å². The SMILES string of the molecule is Cn1nnnc1SCC1=C(C(=O)OC(C)(C)C)N2C(=O)C(N)[C@@H]2SC1. The zero-order valence-corrected chi connectivity index (χ0v) is 16.1. The molecule has 2 aliphatic rings. The number of fused-ring (bicyclic) bond motifs is 1. The Morgan fingerprint density at radius 2 is 2.20 bits per heavy atom. The third-order valence-corrected chi connectivity index (χ3v) is 6.09. The van der Waals surface area contributed by atoms with Crippen LogP contribution in [0.4, 0.5) is 0 Å². The van der Waals surface area contributed by atoms with Gasteiger partial charge in [-0.15, -0.1) is 16.9 Å². The fourth-order valence-electron chi connectivity index (χ4n) is 2.50. The first-order chi connectivity index (χ1) is 11.7. The average molecular weight is 384 g/mol. The molecule has 9 nitrogen and oxygen atoms in total. The van der Waals surface area contributed by atoms with E-state index in [-0.39, 0.29) is 11.3 Å². The van der Waals surface area contributed by atoms with Gasteiger partial charge in [0.1, 0.15) is 22.7 Å². The highest BCUT2D eigenvalue weighted by Gasteiger charge is 2.52. The van der Waals surface area contributed by atoms with Crippen molar-refractivity contribution in [1.29, 1.82) is 0 Å². The summed E-state index contributed by atoms with van der Waals surface area (Å²) in [5, 5.41) is 11.7. The van der Waals surface area contributed by atoms with Crippen molar-refractivity contribution in [3.63, 3.8) is 0 Å². The molecular weight excluding hydrogens is 364 g/mol. The van der Waals surface area contributed by atoms with E-state index in [1.54, 1.807) is 44.3 Å². The number of hydrogen-bond acceptors (Lipinski definition) is 9. The molecular formula is C14H20N6O3S2. The number of nitrogens with zero attached hydrogens (tertiary/aromatic N) is 5. The summed E-state index contributed by atoms with van der Waals surface area (Å²) >= 11 is 2.96. The molecule has 0 aliphatic carbocycles. The van der Waals surface area contributed by atoms with Crippen LogP contribution in [0.25, 0.3) is 0 Å². The molecule has 11 heteroatoms. The van der Waals surface area contributed by atoms with Gasteiger partial charge in [0.15, 0.2) is 0 Å². The quantitative estimate of drug-likeness (QED) is 0.439. The van der Waals surface area contributed by atoms with E-state index < -0.39 is 17.6 Å². The number of amides is 1. The Kier molecular flexibility index (Phi) is 4.82. The summed E-state index contributed by atoms with van der Waals surface area (Å²) in [6.07, 6.45) is 0. The number of carbonyl (C=O) groups excluding carboxylic acids is 2. The number of aromatic nitrogens is 4. The highest BCUT2D eigenvalue weighted by atomic mass is 32.2. The molecule has 25 heavy (non-hydrogen) atoms. The molecule has 136 valence electrons. The summed E-state index contributed by atoms with van der Waals surface area (Å²) in [6.45, 7) is 5.39. The fourth-order valence-corrected chi connectivity index (χ4v) is 4.78. The van der Waals surface area contributed by atoms with Crippen molar-refractivity contribution in [3.05, 3.63) is 11.3 Å². The van der Waals surface area contributed by atoms with Gasteiger partial charge in [-0.25, -0.2) is 9.48 Å². The van der Waals surface area contributed by atoms with Crippen LogP contribution in [-0.2, 0) is 21.4 Å². The van der Waals surface area contributed by atoms with Gasteiger partial charge in [-0.3, -0.25) is 9.69 Å². The smallest absolute Gasteiger partial charge is 0.355 e. The number of thioether (sulfide) groups is 2. The lowest BCUT2D eigenvalue weighted by Gasteiger charge is -2.48. The molecule has 2 atom stereocenters. The first-order valence-corrected chi connectivity index (χ1v) is 9.73. The second kappa shape index (κ2) is 6.61. The van der Waals surface area contributed by atoms with Gasteiger partial charge in [0.05, 0.1) is 0 Å². The summed E-state index contributed by atoms with van der Waals surface area (Å²) in [6, 6.07) is -0.570. The maximum atomic E-state index is 12.7. The molecule has 1 aromatic rings. The molecule has 0 radical (unpaired) electrons. The van der Waals surface area contributed by atoms with Crippen molar-refractivity contribution in [1.82, 2.24) is 25.1 Å². The Labute approximate surface area is 153 Å². The Bertz CT molecular complexity index is 741. The van der Waals surface area contributed by atoms with Gasteiger partial charge in [-0.2, -0.15) is 0 Å². The maximum Gasteiger partial charge on any atom is 0.355 e. The summed E-state index contributed by atoms with van der Waals surface area (Å²) in [5.41, 5.74) is 6.35. The van der Waals surface area contributed by atoms with Gasteiger partial charge >= 0.3 is 5.97 Å². The van der Waals surface area contributed by atoms with E-state index in [4.69, 9.17) is 10.5 Å². The van der Waals surface area contributed by atoms with E-state index in [0.717, 1.165) is 5.57 Å². The lowest BCUT2D eigenvalue weighted by Crippen LogP contribution is -2.68. The normalized spacial score (nSPS) is 23.4. The van der Waals surface area contributed by atoms with Crippen molar-refractivity contribution in [2.75, 3.05) is 11.5 Å². The van der Waals surface area contributed by atoms with E-state index >= 15 is 0 Å². The number of aryl methyl sites for hydroxylation is 1. The fraction of sp³-hybridized carbons (Fsp3) is 0.643. The zero-order chi connectivity index (χ0) is 18.4. The summed E-state index contributed by atoms with van der Waals surface area (Å²) < 4.78 is 7.07. The molecule has 1 unspecified atom stereocenters. The molecule has 3 heterocycles. The Hall–Kier alpha value is -1.59. The van der Waals surface area contributed by atoms with E-state index in [1.807, 2.05) is 0 Å². The van der Waals surface area contributed by atoms with Crippen LogP contribution in [0.15, 0.2) is 16.4 Å². The van der Waals surface area contributed by atoms with Crippen LogP contribution in [0.5, 0.6) is 0 Å². The van der Waals surface area contributed by atoms with E-state index in [2.05, 4.69) is 15.5 Å². The lowest BCUT2D eigenvalue weighted by molar-refractivity contribution is -0.157. The van der Waals surface area contributed by atoms with Crippen molar-refractivity contribution in [3.8, 4) is 0 Å². The number of β-lactam (4-membered cyclic amide) rings is 1. The molecule has 1 fully saturated rings. The molecule has 0 saturated carbocycles. The molecule has 2 N–H and O–H groups in total. The van der Waals surface area contributed by atoms with Gasteiger partial charge in [-0.05, 0) is 36.8 Å². The highest BCUT2D eigenvalue weighted by Crippen LogP contribution is 2.41. The van der Waals surface area contributed by atoms with Gasteiger partial charge in [-0.1, -0.05) is 11.8 Å². The zero-order valence-electron chi connectivity index (χ0n) is 14.4. The van der Waals surface area contributed by atoms with Crippen LogP contribution < -0.4 is 5.73 Å². The lowest BCUT2D eigenvalue weighted by atomic mass is 10.0. The van der Waals surface area contributed by atoms with Gasteiger partial charge in [0.2, 0.25) is 11.1 Å². The minimum Gasteiger partial charge on any atom is -0.455 e. The monoisotopic (exact) mass is 384 g/mol. The first-order valence-electron chi connectivity index (χ1n) is 7.70. The molecule has 0 bridgehead atoms. The van der Waals surface area contributed by atoms with Crippen LogP contribution >= 0.6 is 23.5 Å². The maximum absolute atomic E-state index is 12.7. The number of tetrazole rings is 1. The second-order valence-electron chi connectivity index (χ2n) is 6.76. The molecule has 1 amide bonds. The van der Waals surface area contributed by atoms with Crippen LogP contribution in [0.2, 0.25) is 0 Å². The minimum absolute atomic E-state index is 0.208. The van der Waals surface area contributed by atoms with Crippen molar-refractivity contribution in [2.24, 2.45) is 12.8 Å². The molecule has 3 rings (SSSR count). The second-order valence-corrected chi connectivity index (χ2v) is 8.81. The van der Waals surface area contributed by atoms with Crippen LogP contribution in [0, 0.1) is 0 Å². The predicted octanol–water partition coefficient (Wildman–Crippen LogP) is 0.140. The summed E-state index contributed by atoms with van der Waals surface area (Å²) in [5.74, 6) is 0.349. The number of carbonyl (C=O) groups is 2. The Morgan fingerprint density at radius 1 is 1.48 bits per heavy atom. The standard InChI is InChI=1S/C14H20N6O3S2/c1-14(2,3)23-12(22)9-7(6-25-13-16-17-18-19(13)4)5-24-11-8(15)10(21)20(9)11/h8,11H,5-6,15H2,1-4H3/t8?,11-/m0/s1. The van der Waals surface area contributed by atoms with E-state index in [1.165, 1.54) is 16.7 Å². The van der Waals surface area contributed by atoms with Crippen molar-refractivity contribution in [2.45, 2.75) is 42.9 Å². The topological polar surface area (TPSA) is 116 Å². The Balaban J connectivity index is 1.87. The molecule has 0 aromatic carbocycles. The number of nitrogens with two attached hydrogens (primary N) is 1. The largest absolute Gasteiger partial charge is 0.455 e. The summed E-state index contributed by atoms with van der Waals surface area (Å²) in [7, 11) is 1.75. The van der Waals surface area contributed by atoms with Gasteiger partial charge < -0.3 is 10.5 Å². The van der Waals surface area contributed by atoms with Crippen LogP contribution in [-0.4, -0.2) is 65.5 Å². The third-order valence-electron chi connectivity index (χ3n) is 3.64. The third kappa shape index (κ3) is 3.53. The predicted molar refractivity (Wildman–Crippen MR) is 93.5 cm³/mol. The Morgan fingerprint density at radius 3 is 2.80 bits per heavy atom. The molecule has 0 spiro atoms. The highest BCUT2D eigenvalue weighted by molar-refractivity contribution is 8.01.